The molecule has 0 fully saturated rings. The van der Waals surface area contributed by atoms with Gasteiger partial charge >= 0.3 is 0 Å². The quantitative estimate of drug-likeness (QED) is 0.750. The summed E-state index contributed by atoms with van der Waals surface area (Å²) < 4.78 is 27.8. The van der Waals surface area contributed by atoms with E-state index in [0.717, 1.165) is 34.9 Å². The van der Waals surface area contributed by atoms with Crippen molar-refractivity contribution in [3.8, 4) is 11.3 Å². The highest BCUT2D eigenvalue weighted by Gasteiger charge is 2.11. The van der Waals surface area contributed by atoms with E-state index in [2.05, 4.69) is 10.4 Å². The summed E-state index contributed by atoms with van der Waals surface area (Å²) in [6.45, 7) is 1.63. The van der Waals surface area contributed by atoms with Crippen molar-refractivity contribution in [2.45, 2.75) is 19.9 Å². The Hall–Kier alpha value is -3.35. The number of nitrogens with one attached hydrogen (secondary N) is 1. The molecule has 0 radical (unpaired) electrons. The fourth-order valence-corrected chi connectivity index (χ4v) is 2.55. The van der Waals surface area contributed by atoms with Gasteiger partial charge in [0.1, 0.15) is 18.2 Å². The van der Waals surface area contributed by atoms with Gasteiger partial charge < -0.3 is 5.32 Å². The van der Waals surface area contributed by atoms with Crippen LogP contribution in [0.25, 0.3) is 11.3 Å². The van der Waals surface area contributed by atoms with Crippen LogP contribution in [0.15, 0.2) is 59.4 Å². The number of amides is 1. The molecular formula is C20H17F2N3O2. The molecule has 1 amide bonds. The summed E-state index contributed by atoms with van der Waals surface area (Å²) in [6, 6.07) is 13.3. The zero-order valence-corrected chi connectivity index (χ0v) is 14.6. The number of carbonyl (C=O) groups excluding carboxylic acids is 1. The molecule has 0 bridgehead atoms. The molecule has 1 N–H and O–H groups in total. The number of hydrogen-bond donors (Lipinski definition) is 1. The maximum absolute atomic E-state index is 13.6. The van der Waals surface area contributed by atoms with Gasteiger partial charge in [-0.1, -0.05) is 31.2 Å². The van der Waals surface area contributed by atoms with Crippen LogP contribution in [0.5, 0.6) is 0 Å². The van der Waals surface area contributed by atoms with Crippen LogP contribution in [0.2, 0.25) is 0 Å². The highest BCUT2D eigenvalue weighted by atomic mass is 19.1. The molecule has 5 nitrogen and oxygen atoms in total. The molecule has 0 saturated carbocycles. The third-order valence-electron chi connectivity index (χ3n) is 4.02. The number of aromatic nitrogens is 2. The summed E-state index contributed by atoms with van der Waals surface area (Å²) in [5, 5.41) is 6.44. The summed E-state index contributed by atoms with van der Waals surface area (Å²) in [5.74, 6) is -2.14. The maximum Gasteiger partial charge on any atom is 0.267 e. The second-order valence-corrected chi connectivity index (χ2v) is 5.94. The maximum atomic E-state index is 13.6. The van der Waals surface area contributed by atoms with Gasteiger partial charge in [0.25, 0.3) is 5.56 Å². The Balaban J connectivity index is 1.80. The Morgan fingerprint density at radius 2 is 1.81 bits per heavy atom. The summed E-state index contributed by atoms with van der Waals surface area (Å²) in [7, 11) is 0. The van der Waals surface area contributed by atoms with Crippen molar-refractivity contribution >= 4 is 11.6 Å². The monoisotopic (exact) mass is 369 g/mol. The molecule has 0 saturated heterocycles. The van der Waals surface area contributed by atoms with Crippen molar-refractivity contribution in [1.29, 1.82) is 0 Å². The SMILES string of the molecule is CCc1ccc(-c2ccc(=O)n(CC(=O)Nc3cc(F)ccc3F)n2)cc1. The lowest BCUT2D eigenvalue weighted by Gasteiger charge is -2.09. The van der Waals surface area contributed by atoms with Crippen molar-refractivity contribution in [2.24, 2.45) is 0 Å². The van der Waals surface area contributed by atoms with Gasteiger partial charge in [-0.25, -0.2) is 13.5 Å². The van der Waals surface area contributed by atoms with Gasteiger partial charge in [-0.05, 0) is 30.2 Å². The zero-order valence-electron chi connectivity index (χ0n) is 14.6. The van der Waals surface area contributed by atoms with Crippen molar-refractivity contribution in [1.82, 2.24) is 9.78 Å². The Bertz CT molecular complexity index is 1030. The van der Waals surface area contributed by atoms with Crippen molar-refractivity contribution < 1.29 is 13.6 Å². The summed E-state index contributed by atoms with van der Waals surface area (Å²) >= 11 is 0. The van der Waals surface area contributed by atoms with Gasteiger partial charge in [-0.15, -0.1) is 0 Å². The van der Waals surface area contributed by atoms with E-state index in [1.54, 1.807) is 6.07 Å². The Morgan fingerprint density at radius 3 is 2.52 bits per heavy atom. The number of halogens is 2. The van der Waals surface area contributed by atoms with Crippen LogP contribution >= 0.6 is 0 Å². The number of rotatable bonds is 5. The van der Waals surface area contributed by atoms with Gasteiger partial charge in [0.05, 0.1) is 11.4 Å². The number of carbonyl (C=O) groups is 1. The molecule has 1 aromatic heterocycles. The first-order chi connectivity index (χ1) is 13.0. The standard InChI is InChI=1S/C20H17F2N3O2/c1-2-13-3-5-14(6-4-13)17-9-10-20(27)25(24-17)12-19(26)23-18-11-15(21)7-8-16(18)22/h3-11H,2,12H2,1H3,(H,23,26). The van der Waals surface area contributed by atoms with E-state index in [1.807, 2.05) is 31.2 Å². The Labute approximate surface area is 154 Å². The van der Waals surface area contributed by atoms with Crippen molar-refractivity contribution in [3.63, 3.8) is 0 Å². The fourth-order valence-electron chi connectivity index (χ4n) is 2.55. The summed E-state index contributed by atoms with van der Waals surface area (Å²) in [6.07, 6.45) is 0.907. The van der Waals surface area contributed by atoms with Gasteiger partial charge in [0.15, 0.2) is 0 Å². The number of nitrogens with zero attached hydrogens (tertiary/aromatic N) is 2. The molecule has 27 heavy (non-hydrogen) atoms. The number of aryl methyl sites for hydroxylation is 1. The van der Waals surface area contributed by atoms with E-state index in [9.17, 15) is 18.4 Å². The molecule has 7 heteroatoms. The Morgan fingerprint density at radius 1 is 1.07 bits per heavy atom. The van der Waals surface area contributed by atoms with Crippen LogP contribution in [-0.2, 0) is 17.8 Å². The Kier molecular flexibility index (Phi) is 5.40. The smallest absolute Gasteiger partial charge is 0.267 e. The minimum absolute atomic E-state index is 0.292. The molecular weight excluding hydrogens is 352 g/mol. The topological polar surface area (TPSA) is 64.0 Å². The van der Waals surface area contributed by atoms with E-state index in [0.29, 0.717) is 5.69 Å². The highest BCUT2D eigenvalue weighted by Crippen LogP contribution is 2.17. The molecule has 1 heterocycles. The van der Waals surface area contributed by atoms with Crippen molar-refractivity contribution in [2.75, 3.05) is 5.32 Å². The molecule has 3 rings (SSSR count). The largest absolute Gasteiger partial charge is 0.322 e. The lowest BCUT2D eigenvalue weighted by Crippen LogP contribution is -2.29. The zero-order chi connectivity index (χ0) is 19.4. The minimum atomic E-state index is -0.769. The van der Waals surface area contributed by atoms with Crippen LogP contribution < -0.4 is 10.9 Å². The van der Waals surface area contributed by atoms with Crippen molar-refractivity contribution in [3.05, 3.63) is 82.1 Å². The first kappa shape index (κ1) is 18.4. The third-order valence-corrected chi connectivity index (χ3v) is 4.02. The molecule has 2 aromatic carbocycles. The lowest BCUT2D eigenvalue weighted by atomic mass is 10.1. The molecule has 138 valence electrons. The molecule has 0 aliphatic heterocycles. The normalized spacial score (nSPS) is 10.6. The average Bonchev–Trinajstić information content (AvgIpc) is 2.66. The van der Waals surface area contributed by atoms with Gasteiger partial charge in [-0.2, -0.15) is 5.10 Å². The molecule has 0 spiro atoms. The summed E-state index contributed by atoms with van der Waals surface area (Å²) in [4.78, 5) is 24.1. The van der Waals surface area contributed by atoms with Crippen LogP contribution in [0.4, 0.5) is 14.5 Å². The average molecular weight is 369 g/mol. The van der Waals surface area contributed by atoms with Crippen LogP contribution in [-0.4, -0.2) is 15.7 Å². The predicted molar refractivity (Wildman–Crippen MR) is 98.3 cm³/mol. The predicted octanol–water partition coefficient (Wildman–Crippen LogP) is 3.39. The molecule has 0 unspecified atom stereocenters. The second kappa shape index (κ2) is 7.90. The lowest BCUT2D eigenvalue weighted by molar-refractivity contribution is -0.117. The molecule has 3 aromatic rings. The van der Waals surface area contributed by atoms with E-state index < -0.39 is 29.6 Å². The first-order valence-corrected chi connectivity index (χ1v) is 8.38. The van der Waals surface area contributed by atoms with E-state index >= 15 is 0 Å². The number of hydrogen-bond acceptors (Lipinski definition) is 3. The summed E-state index contributed by atoms with van der Waals surface area (Å²) in [5.41, 5.74) is 1.74. The number of benzene rings is 2. The van der Waals surface area contributed by atoms with Gasteiger partial charge in [0.2, 0.25) is 5.91 Å². The molecule has 0 aliphatic carbocycles. The highest BCUT2D eigenvalue weighted by molar-refractivity contribution is 5.90. The number of anilines is 1. The van der Waals surface area contributed by atoms with Crippen LogP contribution in [0, 0.1) is 11.6 Å². The third kappa shape index (κ3) is 4.44. The van der Waals surface area contributed by atoms with Gasteiger partial charge in [0, 0.05) is 17.7 Å². The van der Waals surface area contributed by atoms with E-state index in [1.165, 1.54) is 11.6 Å². The minimum Gasteiger partial charge on any atom is -0.322 e. The van der Waals surface area contributed by atoms with E-state index in [4.69, 9.17) is 0 Å². The first-order valence-electron chi connectivity index (χ1n) is 8.38. The molecule has 0 atom stereocenters. The van der Waals surface area contributed by atoms with Crippen LogP contribution in [0.1, 0.15) is 12.5 Å². The molecule has 0 aliphatic rings. The second-order valence-electron chi connectivity index (χ2n) is 5.94. The van der Waals surface area contributed by atoms with E-state index in [-0.39, 0.29) is 5.69 Å². The van der Waals surface area contributed by atoms with Crippen LogP contribution in [0.3, 0.4) is 0 Å². The van der Waals surface area contributed by atoms with Gasteiger partial charge in [-0.3, -0.25) is 9.59 Å². The fraction of sp³-hybridized carbons (Fsp3) is 0.150.